The maximum Gasteiger partial charge on any atom is 0.221 e. The molecule has 0 atom stereocenters. The van der Waals surface area contributed by atoms with Gasteiger partial charge in [0.25, 0.3) is 0 Å². The fourth-order valence-electron chi connectivity index (χ4n) is 1.97. The van der Waals surface area contributed by atoms with Gasteiger partial charge < -0.3 is 10.6 Å². The molecule has 2 aromatic rings. The van der Waals surface area contributed by atoms with E-state index in [0.29, 0.717) is 0 Å². The van der Waals surface area contributed by atoms with E-state index in [0.717, 1.165) is 30.1 Å². The van der Waals surface area contributed by atoms with Crippen LogP contribution >= 0.6 is 11.8 Å². The molecule has 2 N–H and O–H groups in total. The number of para-hydroxylation sites is 1. The summed E-state index contributed by atoms with van der Waals surface area (Å²) in [5.74, 6) is 0.980. The van der Waals surface area contributed by atoms with E-state index in [2.05, 4.69) is 34.9 Å². The molecule has 2 aromatic carbocycles. The zero-order chi connectivity index (χ0) is 14.9. The second-order valence-electron chi connectivity index (χ2n) is 4.68. The Bertz CT molecular complexity index is 572. The quantitative estimate of drug-likeness (QED) is 0.607. The standard InChI is InChI=1S/C17H20N2OS/c1-14(20)19-17-10-6-5-7-15(17)13-18-11-12-21-16-8-3-2-4-9-16/h2-10,18H,11-13H2,1H3,(H,19,20). The molecule has 1 amide bonds. The minimum absolute atomic E-state index is 0.0397. The van der Waals surface area contributed by atoms with E-state index in [-0.39, 0.29) is 5.91 Å². The number of anilines is 1. The number of carbonyl (C=O) groups is 1. The zero-order valence-electron chi connectivity index (χ0n) is 12.1. The number of thioether (sulfide) groups is 1. The predicted octanol–water partition coefficient (Wildman–Crippen LogP) is 3.53. The third-order valence-electron chi connectivity index (χ3n) is 2.93. The van der Waals surface area contributed by atoms with Gasteiger partial charge in [0.1, 0.15) is 0 Å². The molecule has 0 unspecified atom stereocenters. The molecule has 0 saturated heterocycles. The molecule has 0 fully saturated rings. The van der Waals surface area contributed by atoms with Gasteiger partial charge in [0.05, 0.1) is 0 Å². The molecule has 0 saturated carbocycles. The monoisotopic (exact) mass is 300 g/mol. The molecule has 21 heavy (non-hydrogen) atoms. The van der Waals surface area contributed by atoms with E-state index < -0.39 is 0 Å². The van der Waals surface area contributed by atoms with Gasteiger partial charge in [-0.05, 0) is 23.8 Å². The summed E-state index contributed by atoms with van der Waals surface area (Å²) in [6.07, 6.45) is 0. The first kappa shape index (κ1) is 15.6. The molecule has 4 heteroatoms. The Morgan fingerprint density at radius 1 is 1.05 bits per heavy atom. The van der Waals surface area contributed by atoms with E-state index in [9.17, 15) is 4.79 Å². The molecular weight excluding hydrogens is 280 g/mol. The predicted molar refractivity (Wildman–Crippen MR) is 89.6 cm³/mol. The summed E-state index contributed by atoms with van der Waals surface area (Å²) in [7, 11) is 0. The van der Waals surface area contributed by atoms with Crippen molar-refractivity contribution in [2.45, 2.75) is 18.4 Å². The smallest absolute Gasteiger partial charge is 0.221 e. The summed E-state index contributed by atoms with van der Waals surface area (Å²) in [6.45, 7) is 3.21. The summed E-state index contributed by atoms with van der Waals surface area (Å²) >= 11 is 1.84. The summed E-state index contributed by atoms with van der Waals surface area (Å²) in [6, 6.07) is 18.3. The second kappa shape index (κ2) is 8.49. The van der Waals surface area contributed by atoms with Gasteiger partial charge in [0.2, 0.25) is 5.91 Å². The van der Waals surface area contributed by atoms with Crippen molar-refractivity contribution in [3.05, 3.63) is 60.2 Å². The lowest BCUT2D eigenvalue weighted by molar-refractivity contribution is -0.114. The molecule has 110 valence electrons. The van der Waals surface area contributed by atoms with Crippen LogP contribution in [0.1, 0.15) is 12.5 Å². The molecule has 2 rings (SSSR count). The van der Waals surface area contributed by atoms with Crippen LogP contribution in [0.4, 0.5) is 5.69 Å². The number of carbonyl (C=O) groups excluding carboxylic acids is 1. The highest BCUT2D eigenvalue weighted by atomic mass is 32.2. The molecule has 0 bridgehead atoms. The number of hydrogen-bond donors (Lipinski definition) is 2. The van der Waals surface area contributed by atoms with Crippen molar-refractivity contribution in [1.29, 1.82) is 0 Å². The SMILES string of the molecule is CC(=O)Nc1ccccc1CNCCSc1ccccc1. The molecule has 0 aliphatic rings. The van der Waals surface area contributed by atoms with Gasteiger partial charge in [-0.3, -0.25) is 4.79 Å². The van der Waals surface area contributed by atoms with Gasteiger partial charge in [0.15, 0.2) is 0 Å². The lowest BCUT2D eigenvalue weighted by Gasteiger charge is -2.10. The van der Waals surface area contributed by atoms with Gasteiger partial charge in [0, 0.05) is 36.3 Å². The largest absolute Gasteiger partial charge is 0.326 e. The molecule has 0 heterocycles. The lowest BCUT2D eigenvalue weighted by atomic mass is 10.1. The summed E-state index contributed by atoms with van der Waals surface area (Å²) < 4.78 is 0. The minimum atomic E-state index is -0.0397. The van der Waals surface area contributed by atoms with Crippen LogP contribution in [0.5, 0.6) is 0 Å². The topological polar surface area (TPSA) is 41.1 Å². The Morgan fingerprint density at radius 3 is 2.52 bits per heavy atom. The summed E-state index contributed by atoms with van der Waals surface area (Å²) in [5, 5.41) is 6.27. The van der Waals surface area contributed by atoms with Gasteiger partial charge in [-0.2, -0.15) is 0 Å². The number of rotatable bonds is 7. The van der Waals surface area contributed by atoms with Crippen LogP contribution in [0.2, 0.25) is 0 Å². The minimum Gasteiger partial charge on any atom is -0.326 e. The Labute approximate surface area is 130 Å². The zero-order valence-corrected chi connectivity index (χ0v) is 13.0. The van der Waals surface area contributed by atoms with Crippen molar-refractivity contribution >= 4 is 23.4 Å². The van der Waals surface area contributed by atoms with E-state index in [1.165, 1.54) is 11.8 Å². The average Bonchev–Trinajstić information content (AvgIpc) is 2.49. The number of benzene rings is 2. The normalized spacial score (nSPS) is 10.3. The fourth-order valence-corrected chi connectivity index (χ4v) is 2.80. The maximum atomic E-state index is 11.2. The van der Waals surface area contributed by atoms with Gasteiger partial charge in [-0.25, -0.2) is 0 Å². The van der Waals surface area contributed by atoms with Crippen molar-refractivity contribution in [1.82, 2.24) is 5.32 Å². The highest BCUT2D eigenvalue weighted by molar-refractivity contribution is 7.99. The molecular formula is C17H20N2OS. The van der Waals surface area contributed by atoms with E-state index in [1.54, 1.807) is 0 Å². The summed E-state index contributed by atoms with van der Waals surface area (Å²) in [5.41, 5.74) is 1.99. The van der Waals surface area contributed by atoms with Crippen LogP contribution in [-0.2, 0) is 11.3 Å². The number of nitrogens with one attached hydrogen (secondary N) is 2. The van der Waals surface area contributed by atoms with Crippen LogP contribution in [0, 0.1) is 0 Å². The molecule has 0 aliphatic carbocycles. The van der Waals surface area contributed by atoms with Crippen LogP contribution < -0.4 is 10.6 Å². The Hall–Kier alpha value is -1.78. The highest BCUT2D eigenvalue weighted by Gasteiger charge is 2.02. The lowest BCUT2D eigenvalue weighted by Crippen LogP contribution is -2.18. The van der Waals surface area contributed by atoms with Gasteiger partial charge in [-0.1, -0.05) is 36.4 Å². The highest BCUT2D eigenvalue weighted by Crippen LogP contribution is 2.17. The summed E-state index contributed by atoms with van der Waals surface area (Å²) in [4.78, 5) is 12.5. The van der Waals surface area contributed by atoms with Crippen molar-refractivity contribution in [2.75, 3.05) is 17.6 Å². The van der Waals surface area contributed by atoms with Crippen molar-refractivity contribution < 1.29 is 4.79 Å². The third kappa shape index (κ3) is 5.61. The first-order valence-electron chi connectivity index (χ1n) is 7.00. The van der Waals surface area contributed by atoms with Crippen LogP contribution in [0.15, 0.2) is 59.5 Å². The number of amides is 1. The van der Waals surface area contributed by atoms with Crippen LogP contribution in [-0.4, -0.2) is 18.2 Å². The first-order valence-corrected chi connectivity index (χ1v) is 7.98. The van der Waals surface area contributed by atoms with E-state index in [4.69, 9.17) is 0 Å². The van der Waals surface area contributed by atoms with Gasteiger partial charge >= 0.3 is 0 Å². The van der Waals surface area contributed by atoms with Gasteiger partial charge in [-0.15, -0.1) is 11.8 Å². The Balaban J connectivity index is 1.75. The second-order valence-corrected chi connectivity index (χ2v) is 5.84. The van der Waals surface area contributed by atoms with E-state index in [1.807, 2.05) is 42.1 Å². The molecule has 0 spiro atoms. The Morgan fingerprint density at radius 2 is 1.76 bits per heavy atom. The van der Waals surface area contributed by atoms with Crippen molar-refractivity contribution in [2.24, 2.45) is 0 Å². The molecule has 0 aromatic heterocycles. The molecule has 0 aliphatic heterocycles. The fraction of sp³-hybridized carbons (Fsp3) is 0.235. The van der Waals surface area contributed by atoms with Crippen LogP contribution in [0.3, 0.4) is 0 Å². The average molecular weight is 300 g/mol. The first-order chi connectivity index (χ1) is 10.3. The van der Waals surface area contributed by atoms with Crippen molar-refractivity contribution in [3.8, 4) is 0 Å². The number of hydrogen-bond acceptors (Lipinski definition) is 3. The Kier molecular flexibility index (Phi) is 6.31. The van der Waals surface area contributed by atoms with Crippen LogP contribution in [0.25, 0.3) is 0 Å². The molecule has 3 nitrogen and oxygen atoms in total. The van der Waals surface area contributed by atoms with Crippen molar-refractivity contribution in [3.63, 3.8) is 0 Å². The maximum absolute atomic E-state index is 11.2. The third-order valence-corrected chi connectivity index (χ3v) is 3.95. The molecule has 0 radical (unpaired) electrons. The van der Waals surface area contributed by atoms with E-state index >= 15 is 0 Å².